The van der Waals surface area contributed by atoms with Crippen molar-refractivity contribution in [2.45, 2.75) is 89.3 Å². The lowest BCUT2D eigenvalue weighted by Gasteiger charge is -2.38. The Hall–Kier alpha value is -2.79. The molecule has 3 N–H and O–H groups in total. The quantitative estimate of drug-likeness (QED) is 0.232. The molecule has 224 valence electrons. The fourth-order valence-electron chi connectivity index (χ4n) is 4.97. The SMILES string of the molecule is CCC(CC)(C1=CC=C(OC[C@@H](O)CCC(=O)O)C(C)C1)c1ccc(/C=C/C(O)(C(F)(F)F)C(F)(F)F)c(C)c1. The van der Waals surface area contributed by atoms with Crippen LogP contribution in [0.3, 0.4) is 0 Å². The van der Waals surface area contributed by atoms with Gasteiger partial charge in [0.1, 0.15) is 6.61 Å². The fourth-order valence-corrected chi connectivity index (χ4v) is 4.97. The summed E-state index contributed by atoms with van der Waals surface area (Å²) >= 11 is 0. The topological polar surface area (TPSA) is 87.0 Å². The summed E-state index contributed by atoms with van der Waals surface area (Å²) in [6.45, 7) is 7.50. The molecule has 0 saturated carbocycles. The average Bonchev–Trinajstić information content (AvgIpc) is 2.86. The molecule has 11 heteroatoms. The standard InChI is InChI=1S/C29H36F6O5/c1-5-26(6-2,22-9-11-24(19(4)16-22)40-17-23(36)10-12-25(37)38)21-8-7-20(18(3)15-21)13-14-27(39,28(30,31)32)29(33,34)35/h7-9,11,13-15,19,23,36,39H,5-6,10,12,16-17H2,1-4H3,(H,37,38)/b14-13+/t19?,23-/m0/s1. The van der Waals surface area contributed by atoms with Gasteiger partial charge in [0, 0.05) is 17.8 Å². The molecule has 0 aromatic heterocycles. The molecule has 1 aliphatic carbocycles. The molecular formula is C29H36F6O5. The number of aliphatic hydroxyl groups is 2. The van der Waals surface area contributed by atoms with Gasteiger partial charge in [-0.1, -0.05) is 56.7 Å². The Kier molecular flexibility index (Phi) is 10.7. The summed E-state index contributed by atoms with van der Waals surface area (Å²) in [4.78, 5) is 10.7. The Balaban J connectivity index is 2.35. The van der Waals surface area contributed by atoms with Gasteiger partial charge in [-0.2, -0.15) is 26.3 Å². The molecule has 1 aliphatic rings. The van der Waals surface area contributed by atoms with Gasteiger partial charge in [-0.15, -0.1) is 0 Å². The van der Waals surface area contributed by atoms with E-state index in [1.807, 2.05) is 32.9 Å². The molecule has 0 heterocycles. The van der Waals surface area contributed by atoms with Gasteiger partial charge in [0.2, 0.25) is 0 Å². The first-order chi connectivity index (χ1) is 18.4. The van der Waals surface area contributed by atoms with Crippen LogP contribution in [-0.2, 0) is 14.9 Å². The lowest BCUT2D eigenvalue weighted by Crippen LogP contribution is -2.55. The summed E-state index contributed by atoms with van der Waals surface area (Å²) in [7, 11) is 0. The zero-order chi connectivity index (χ0) is 30.5. The van der Waals surface area contributed by atoms with Crippen LogP contribution >= 0.6 is 0 Å². The highest BCUT2D eigenvalue weighted by atomic mass is 19.4. The van der Waals surface area contributed by atoms with Gasteiger partial charge >= 0.3 is 18.3 Å². The van der Waals surface area contributed by atoms with Crippen molar-refractivity contribution in [1.29, 1.82) is 0 Å². The predicted octanol–water partition coefficient (Wildman–Crippen LogP) is 7.01. The molecule has 1 aromatic carbocycles. The number of hydrogen-bond acceptors (Lipinski definition) is 4. The van der Waals surface area contributed by atoms with Crippen LogP contribution in [0.25, 0.3) is 6.08 Å². The van der Waals surface area contributed by atoms with E-state index in [9.17, 15) is 41.4 Å². The van der Waals surface area contributed by atoms with Crippen molar-refractivity contribution in [3.63, 3.8) is 0 Å². The third kappa shape index (κ3) is 7.28. The molecule has 0 spiro atoms. The van der Waals surface area contributed by atoms with Gasteiger partial charge in [-0.25, -0.2) is 0 Å². The smallest absolute Gasteiger partial charge is 0.430 e. The lowest BCUT2D eigenvalue weighted by molar-refractivity contribution is -0.347. The van der Waals surface area contributed by atoms with Crippen molar-refractivity contribution in [2.24, 2.45) is 5.92 Å². The van der Waals surface area contributed by atoms with Gasteiger partial charge in [-0.05, 0) is 61.4 Å². The van der Waals surface area contributed by atoms with Gasteiger partial charge < -0.3 is 20.1 Å². The van der Waals surface area contributed by atoms with Crippen molar-refractivity contribution in [1.82, 2.24) is 0 Å². The Morgan fingerprint density at radius 1 is 1.10 bits per heavy atom. The second-order valence-corrected chi connectivity index (χ2v) is 10.2. The molecular weight excluding hydrogens is 542 g/mol. The van der Waals surface area contributed by atoms with E-state index >= 15 is 0 Å². The van der Waals surface area contributed by atoms with Crippen molar-refractivity contribution < 1.29 is 51.2 Å². The molecule has 2 atom stereocenters. The van der Waals surface area contributed by atoms with E-state index in [0.717, 1.165) is 11.1 Å². The van der Waals surface area contributed by atoms with Crippen molar-refractivity contribution in [3.8, 4) is 0 Å². The van der Waals surface area contributed by atoms with Crippen LogP contribution in [0, 0.1) is 12.8 Å². The first-order valence-corrected chi connectivity index (χ1v) is 13.0. The largest absolute Gasteiger partial charge is 0.495 e. The highest BCUT2D eigenvalue weighted by Gasteiger charge is 2.68. The minimum atomic E-state index is -5.94. The summed E-state index contributed by atoms with van der Waals surface area (Å²) in [5.74, 6) is -0.400. The number of alkyl halides is 6. The highest BCUT2D eigenvalue weighted by molar-refractivity contribution is 5.66. The maximum Gasteiger partial charge on any atom is 0.430 e. The Bertz CT molecular complexity index is 1110. The van der Waals surface area contributed by atoms with Crippen LogP contribution in [0.4, 0.5) is 26.3 Å². The van der Waals surface area contributed by atoms with Crippen LogP contribution in [-0.4, -0.2) is 52.0 Å². The molecule has 0 amide bonds. The molecule has 0 radical (unpaired) electrons. The van der Waals surface area contributed by atoms with Crippen molar-refractivity contribution in [3.05, 3.63) is 64.4 Å². The lowest BCUT2D eigenvalue weighted by atomic mass is 9.66. The Morgan fingerprint density at radius 2 is 1.70 bits per heavy atom. The van der Waals surface area contributed by atoms with Crippen LogP contribution < -0.4 is 0 Å². The minimum Gasteiger partial charge on any atom is -0.495 e. The normalized spacial score (nSPS) is 17.9. The number of hydrogen-bond donors (Lipinski definition) is 3. The van der Waals surface area contributed by atoms with Crippen LogP contribution in [0.1, 0.15) is 69.6 Å². The van der Waals surface area contributed by atoms with Crippen LogP contribution in [0.15, 0.2) is 47.8 Å². The highest BCUT2D eigenvalue weighted by Crippen LogP contribution is 2.46. The van der Waals surface area contributed by atoms with E-state index < -0.39 is 35.4 Å². The average molecular weight is 579 g/mol. The first kappa shape index (κ1) is 33.4. The maximum absolute atomic E-state index is 13.1. The summed E-state index contributed by atoms with van der Waals surface area (Å²) in [5.41, 5.74) is -2.93. The van der Waals surface area contributed by atoms with Crippen molar-refractivity contribution in [2.75, 3.05) is 6.61 Å². The monoisotopic (exact) mass is 578 g/mol. The number of benzene rings is 1. The van der Waals surface area contributed by atoms with E-state index in [2.05, 4.69) is 0 Å². The van der Waals surface area contributed by atoms with Crippen LogP contribution in [0.2, 0.25) is 0 Å². The molecule has 0 bridgehead atoms. The third-order valence-electron chi connectivity index (χ3n) is 7.61. The van der Waals surface area contributed by atoms with Gasteiger partial charge in [0.25, 0.3) is 5.60 Å². The number of rotatable bonds is 12. The van der Waals surface area contributed by atoms with E-state index in [0.29, 0.717) is 36.7 Å². The molecule has 2 rings (SSSR count). The van der Waals surface area contributed by atoms with E-state index in [1.54, 1.807) is 19.1 Å². The molecule has 40 heavy (non-hydrogen) atoms. The predicted molar refractivity (Wildman–Crippen MR) is 138 cm³/mol. The molecule has 1 aromatic rings. The Morgan fingerprint density at radius 3 is 2.17 bits per heavy atom. The fraction of sp³-hybridized carbons (Fsp3) is 0.552. The number of aryl methyl sites for hydroxylation is 1. The number of allylic oxidation sites excluding steroid dienone is 4. The number of aliphatic carboxylic acids is 1. The molecule has 1 unspecified atom stereocenters. The number of carboxylic acid groups (broad SMARTS) is 1. The summed E-state index contributed by atoms with van der Waals surface area (Å²) in [6, 6.07) is 4.87. The first-order valence-electron chi connectivity index (χ1n) is 13.0. The zero-order valence-corrected chi connectivity index (χ0v) is 22.9. The van der Waals surface area contributed by atoms with E-state index in [1.165, 1.54) is 6.07 Å². The van der Waals surface area contributed by atoms with Gasteiger partial charge in [0.05, 0.1) is 11.9 Å². The molecule has 0 fully saturated rings. The molecule has 5 nitrogen and oxygen atoms in total. The van der Waals surface area contributed by atoms with E-state index in [4.69, 9.17) is 9.84 Å². The molecule has 0 saturated heterocycles. The number of carbonyl (C=O) groups is 1. The summed E-state index contributed by atoms with van der Waals surface area (Å²) < 4.78 is 84.1. The number of ether oxygens (including phenoxy) is 1. The van der Waals surface area contributed by atoms with Crippen LogP contribution in [0.5, 0.6) is 0 Å². The van der Waals surface area contributed by atoms with Gasteiger partial charge in [0.15, 0.2) is 0 Å². The van der Waals surface area contributed by atoms with Crippen molar-refractivity contribution >= 4 is 12.0 Å². The van der Waals surface area contributed by atoms with E-state index in [-0.39, 0.29) is 37.0 Å². The zero-order valence-electron chi connectivity index (χ0n) is 22.9. The van der Waals surface area contributed by atoms with Gasteiger partial charge in [-0.3, -0.25) is 4.79 Å². The number of aliphatic hydroxyl groups excluding tert-OH is 1. The number of carboxylic acids is 1. The summed E-state index contributed by atoms with van der Waals surface area (Å²) in [5, 5.41) is 28.2. The summed E-state index contributed by atoms with van der Waals surface area (Å²) in [6.07, 6.45) is -6.81. The number of halogens is 6. The Labute approximate surface area is 229 Å². The maximum atomic E-state index is 13.1. The second kappa shape index (κ2) is 12.8. The minimum absolute atomic E-state index is 0.0364. The second-order valence-electron chi connectivity index (χ2n) is 10.2. The molecule has 0 aliphatic heterocycles. The third-order valence-corrected chi connectivity index (χ3v) is 7.61.